The lowest BCUT2D eigenvalue weighted by atomic mass is 9.72. The van der Waals surface area contributed by atoms with Crippen molar-refractivity contribution < 1.29 is 0 Å². The Labute approximate surface area is 128 Å². The molecule has 1 rings (SSSR count). The fraction of sp³-hybridized carbons (Fsp3) is 0.647. The predicted molar refractivity (Wildman–Crippen MR) is 87.3 cm³/mol. The Balaban J connectivity index is 3.29. The summed E-state index contributed by atoms with van der Waals surface area (Å²) in [6, 6.07) is 5.88. The minimum atomic E-state index is 0.478. The second-order valence-corrected chi connectivity index (χ2v) is 6.13. The van der Waals surface area contributed by atoms with Crippen LogP contribution < -0.4 is 0 Å². The monoisotopic (exact) mass is 300 g/mol. The first-order valence-electron chi connectivity index (χ1n) is 7.54. The molecule has 19 heavy (non-hydrogen) atoms. The topological polar surface area (TPSA) is 0 Å². The Morgan fingerprint density at radius 1 is 0.789 bits per heavy atom. The second-order valence-electron chi connectivity index (χ2n) is 5.31. The lowest BCUT2D eigenvalue weighted by Gasteiger charge is -2.33. The van der Waals surface area contributed by atoms with Crippen molar-refractivity contribution in [2.24, 2.45) is 11.8 Å². The van der Waals surface area contributed by atoms with E-state index in [2.05, 4.69) is 27.7 Å². The van der Waals surface area contributed by atoms with Gasteiger partial charge in [0.1, 0.15) is 0 Å². The van der Waals surface area contributed by atoms with Gasteiger partial charge in [0.15, 0.2) is 0 Å². The molecule has 2 heteroatoms. The molecule has 0 amide bonds. The highest BCUT2D eigenvalue weighted by molar-refractivity contribution is 6.36. The average molecular weight is 301 g/mol. The van der Waals surface area contributed by atoms with Crippen LogP contribution in [0.2, 0.25) is 10.0 Å². The fourth-order valence-electron chi connectivity index (χ4n) is 3.28. The Morgan fingerprint density at radius 3 is 1.47 bits per heavy atom. The molecule has 0 aliphatic carbocycles. The van der Waals surface area contributed by atoms with Crippen LogP contribution in [0.15, 0.2) is 18.2 Å². The molecule has 108 valence electrons. The van der Waals surface area contributed by atoms with Crippen molar-refractivity contribution in [2.45, 2.75) is 59.3 Å². The van der Waals surface area contributed by atoms with Crippen molar-refractivity contribution in [2.75, 3.05) is 0 Å². The Hall–Kier alpha value is -0.200. The van der Waals surface area contributed by atoms with Gasteiger partial charge in [0.05, 0.1) is 0 Å². The second kappa shape index (κ2) is 8.17. The number of halogens is 2. The maximum atomic E-state index is 6.46. The van der Waals surface area contributed by atoms with E-state index in [4.69, 9.17) is 23.2 Å². The normalized spacial score (nSPS) is 11.8. The molecule has 0 fully saturated rings. The van der Waals surface area contributed by atoms with Crippen LogP contribution >= 0.6 is 23.2 Å². The van der Waals surface area contributed by atoms with Crippen LogP contribution in [0.3, 0.4) is 0 Å². The standard InChI is InChI=1S/C17H26Cl2/c1-5-12(6-2)16(13(7-3)8-4)17-14(18)10-9-11-15(17)19/h9-13,16H,5-8H2,1-4H3. The highest BCUT2D eigenvalue weighted by Gasteiger charge is 2.30. The van der Waals surface area contributed by atoms with Crippen molar-refractivity contribution in [1.82, 2.24) is 0 Å². The van der Waals surface area contributed by atoms with Gasteiger partial charge in [0.25, 0.3) is 0 Å². The van der Waals surface area contributed by atoms with Crippen LogP contribution in [-0.2, 0) is 0 Å². The van der Waals surface area contributed by atoms with Gasteiger partial charge in [-0.25, -0.2) is 0 Å². The molecule has 0 aliphatic heterocycles. The summed E-state index contributed by atoms with van der Waals surface area (Å²) in [6.07, 6.45) is 4.72. The van der Waals surface area contributed by atoms with Gasteiger partial charge in [-0.3, -0.25) is 0 Å². The molecule has 0 N–H and O–H groups in total. The third-order valence-corrected chi connectivity index (χ3v) is 5.11. The molecule has 0 atom stereocenters. The summed E-state index contributed by atoms with van der Waals surface area (Å²) in [4.78, 5) is 0. The SMILES string of the molecule is CCC(CC)C(c1c(Cl)cccc1Cl)C(CC)CC. The molecule has 0 unspecified atom stereocenters. The van der Waals surface area contributed by atoms with E-state index < -0.39 is 0 Å². The van der Waals surface area contributed by atoms with Gasteiger partial charge in [-0.1, -0.05) is 82.6 Å². The van der Waals surface area contributed by atoms with Gasteiger partial charge in [0, 0.05) is 10.0 Å². The first-order valence-corrected chi connectivity index (χ1v) is 8.29. The lowest BCUT2D eigenvalue weighted by molar-refractivity contribution is 0.279. The van der Waals surface area contributed by atoms with Gasteiger partial charge in [0.2, 0.25) is 0 Å². The van der Waals surface area contributed by atoms with E-state index in [1.54, 1.807) is 0 Å². The number of benzene rings is 1. The molecule has 0 heterocycles. The van der Waals surface area contributed by atoms with Gasteiger partial charge >= 0.3 is 0 Å². The van der Waals surface area contributed by atoms with Gasteiger partial charge in [-0.2, -0.15) is 0 Å². The first-order chi connectivity index (χ1) is 9.10. The van der Waals surface area contributed by atoms with Gasteiger partial charge < -0.3 is 0 Å². The summed E-state index contributed by atoms with van der Waals surface area (Å²) in [5, 5.41) is 1.66. The summed E-state index contributed by atoms with van der Waals surface area (Å²) < 4.78 is 0. The summed E-state index contributed by atoms with van der Waals surface area (Å²) in [5.41, 5.74) is 1.17. The molecule has 0 saturated carbocycles. The van der Waals surface area contributed by atoms with Gasteiger partial charge in [-0.15, -0.1) is 0 Å². The molecule has 0 aromatic heterocycles. The van der Waals surface area contributed by atoms with Crippen molar-refractivity contribution in [1.29, 1.82) is 0 Å². The molecular formula is C17H26Cl2. The van der Waals surface area contributed by atoms with Gasteiger partial charge in [-0.05, 0) is 35.4 Å². The molecule has 0 aliphatic rings. The molecular weight excluding hydrogens is 275 g/mol. The van der Waals surface area contributed by atoms with E-state index in [-0.39, 0.29) is 0 Å². The van der Waals surface area contributed by atoms with E-state index in [9.17, 15) is 0 Å². The molecule has 0 saturated heterocycles. The molecule has 0 spiro atoms. The van der Waals surface area contributed by atoms with Crippen molar-refractivity contribution in [3.8, 4) is 0 Å². The fourth-order valence-corrected chi connectivity index (χ4v) is 3.93. The average Bonchev–Trinajstić information content (AvgIpc) is 2.40. The zero-order valence-corrected chi connectivity index (χ0v) is 14.1. The maximum absolute atomic E-state index is 6.46. The summed E-state index contributed by atoms with van der Waals surface area (Å²) in [7, 11) is 0. The smallest absolute Gasteiger partial charge is 0.0455 e. The van der Waals surface area contributed by atoms with E-state index >= 15 is 0 Å². The number of hydrogen-bond donors (Lipinski definition) is 0. The molecule has 0 bridgehead atoms. The Bertz CT molecular complexity index is 347. The largest absolute Gasteiger partial charge is 0.0840 e. The van der Waals surface area contributed by atoms with Crippen LogP contribution in [0.4, 0.5) is 0 Å². The third kappa shape index (κ3) is 3.89. The lowest BCUT2D eigenvalue weighted by Crippen LogP contribution is -2.21. The third-order valence-electron chi connectivity index (χ3n) is 4.45. The van der Waals surface area contributed by atoms with E-state index in [0.717, 1.165) is 10.0 Å². The molecule has 1 aromatic carbocycles. The maximum Gasteiger partial charge on any atom is 0.0455 e. The molecule has 1 aromatic rings. The minimum absolute atomic E-state index is 0.478. The van der Waals surface area contributed by atoms with Crippen LogP contribution in [0, 0.1) is 11.8 Å². The highest BCUT2D eigenvalue weighted by atomic mass is 35.5. The summed E-state index contributed by atoms with van der Waals surface area (Å²) in [5.74, 6) is 1.79. The predicted octanol–water partition coefficient (Wildman–Crippen LogP) is 6.95. The quantitative estimate of drug-likeness (QED) is 0.511. The Kier molecular flexibility index (Phi) is 7.25. The van der Waals surface area contributed by atoms with Crippen molar-refractivity contribution in [3.63, 3.8) is 0 Å². The van der Waals surface area contributed by atoms with E-state index in [0.29, 0.717) is 17.8 Å². The van der Waals surface area contributed by atoms with Crippen LogP contribution in [-0.4, -0.2) is 0 Å². The number of rotatable bonds is 7. The number of hydrogen-bond acceptors (Lipinski definition) is 0. The molecule has 0 radical (unpaired) electrons. The van der Waals surface area contributed by atoms with Crippen molar-refractivity contribution >= 4 is 23.2 Å². The molecule has 0 nitrogen and oxygen atoms in total. The van der Waals surface area contributed by atoms with Crippen LogP contribution in [0.25, 0.3) is 0 Å². The minimum Gasteiger partial charge on any atom is -0.0840 e. The first kappa shape index (κ1) is 16.9. The van der Waals surface area contributed by atoms with E-state index in [1.807, 2.05) is 18.2 Å². The van der Waals surface area contributed by atoms with Crippen LogP contribution in [0.1, 0.15) is 64.9 Å². The highest BCUT2D eigenvalue weighted by Crippen LogP contribution is 2.44. The van der Waals surface area contributed by atoms with E-state index in [1.165, 1.54) is 31.2 Å². The van der Waals surface area contributed by atoms with Crippen molar-refractivity contribution in [3.05, 3.63) is 33.8 Å². The summed E-state index contributed by atoms with van der Waals surface area (Å²) >= 11 is 12.9. The van der Waals surface area contributed by atoms with Crippen LogP contribution in [0.5, 0.6) is 0 Å². The Morgan fingerprint density at radius 2 is 1.16 bits per heavy atom. The zero-order valence-electron chi connectivity index (χ0n) is 12.5. The zero-order chi connectivity index (χ0) is 14.4. The summed E-state index contributed by atoms with van der Waals surface area (Å²) in [6.45, 7) is 9.09.